The van der Waals surface area contributed by atoms with Crippen molar-refractivity contribution in [1.82, 2.24) is 20.2 Å². The lowest BCUT2D eigenvalue weighted by Gasteiger charge is -2.46. The third-order valence-electron chi connectivity index (χ3n) is 10.9. The molecule has 2 saturated heterocycles. The third kappa shape index (κ3) is 5.35. The van der Waals surface area contributed by atoms with Crippen molar-refractivity contribution in [1.29, 1.82) is 0 Å². The number of benzene rings is 5. The molecule has 1 spiro atoms. The molecule has 4 heterocycles. The van der Waals surface area contributed by atoms with E-state index in [-0.39, 0.29) is 25.7 Å². The second-order valence-electron chi connectivity index (χ2n) is 13.8. The average molecular weight is 720 g/mol. The number of anilines is 1. The molecule has 0 saturated carbocycles. The fraction of sp³-hybridized carbons (Fsp3) is 0.209. The summed E-state index contributed by atoms with van der Waals surface area (Å²) in [4.78, 5) is 54.9. The molecule has 0 radical (unpaired) electrons. The van der Waals surface area contributed by atoms with Crippen molar-refractivity contribution >= 4 is 34.5 Å². The molecule has 11 heteroatoms. The summed E-state index contributed by atoms with van der Waals surface area (Å²) in [7, 11) is 0. The van der Waals surface area contributed by atoms with Crippen LogP contribution in [0.1, 0.15) is 46.3 Å². The molecule has 3 aliphatic rings. The molecule has 0 aliphatic carbocycles. The van der Waals surface area contributed by atoms with Gasteiger partial charge in [0.25, 0.3) is 0 Å². The lowest BCUT2D eigenvalue weighted by molar-refractivity contribution is -0.178. The highest BCUT2D eigenvalue weighted by Gasteiger charge is 2.74. The van der Waals surface area contributed by atoms with Gasteiger partial charge in [-0.1, -0.05) is 103 Å². The SMILES string of the molecule is O=C1O[C@H](c2ccccc2)[C@H](c2ccccc2)N2[C@H]1[C@@H](C(=O)NCc1nc3ccccc3[nH]1)[C@]1(C(=O)Nc3ccccc31)[C@H]2c1ccc(OCCO)cc1. The van der Waals surface area contributed by atoms with Crippen molar-refractivity contribution in [2.75, 3.05) is 18.5 Å². The Morgan fingerprint density at radius 1 is 0.815 bits per heavy atom. The Labute approximate surface area is 310 Å². The molecule has 2 fully saturated rings. The first-order valence-electron chi connectivity index (χ1n) is 18.0. The Hall–Kier alpha value is -6.30. The van der Waals surface area contributed by atoms with E-state index in [4.69, 9.17) is 9.47 Å². The Morgan fingerprint density at radius 2 is 1.50 bits per heavy atom. The van der Waals surface area contributed by atoms with Gasteiger partial charge < -0.3 is 30.2 Å². The number of nitrogens with one attached hydrogen (secondary N) is 3. The molecule has 0 bridgehead atoms. The molecule has 4 N–H and O–H groups in total. The molecule has 11 nitrogen and oxygen atoms in total. The van der Waals surface area contributed by atoms with Crippen LogP contribution < -0.4 is 15.4 Å². The number of morpholine rings is 1. The van der Waals surface area contributed by atoms with Crippen molar-refractivity contribution in [3.8, 4) is 5.75 Å². The van der Waals surface area contributed by atoms with Crippen LogP contribution in [-0.4, -0.2) is 57.0 Å². The fourth-order valence-electron chi connectivity index (χ4n) is 8.83. The number of carbonyl (C=O) groups is 3. The molecular formula is C43H37N5O6. The number of aromatic nitrogens is 2. The highest BCUT2D eigenvalue weighted by atomic mass is 16.6. The quantitative estimate of drug-likeness (QED) is 0.143. The lowest BCUT2D eigenvalue weighted by Crippen LogP contribution is -2.54. The lowest BCUT2D eigenvalue weighted by atomic mass is 9.65. The van der Waals surface area contributed by atoms with Crippen molar-refractivity contribution < 1.29 is 29.0 Å². The summed E-state index contributed by atoms with van der Waals surface area (Å²) in [5.74, 6) is -1.61. The number of aliphatic hydroxyl groups excluding tert-OH is 1. The average Bonchev–Trinajstić information content (AvgIpc) is 3.87. The number of carbonyl (C=O) groups excluding carboxylic acids is 3. The Bertz CT molecular complexity index is 2320. The number of imidazole rings is 1. The Kier molecular flexibility index (Phi) is 8.44. The zero-order chi connectivity index (χ0) is 36.8. The van der Waals surface area contributed by atoms with Gasteiger partial charge in [-0.15, -0.1) is 0 Å². The highest BCUT2D eigenvalue weighted by molar-refractivity contribution is 6.12. The number of aliphatic hydroxyl groups is 1. The molecule has 5 aromatic carbocycles. The van der Waals surface area contributed by atoms with Gasteiger partial charge >= 0.3 is 5.97 Å². The number of H-pyrrole nitrogens is 1. The van der Waals surface area contributed by atoms with Crippen LogP contribution in [-0.2, 0) is 31.1 Å². The summed E-state index contributed by atoms with van der Waals surface area (Å²) in [6.45, 7) is 0.0127. The second kappa shape index (κ2) is 13.6. The van der Waals surface area contributed by atoms with E-state index in [9.17, 15) is 9.90 Å². The van der Waals surface area contributed by atoms with E-state index in [0.717, 1.165) is 22.2 Å². The van der Waals surface area contributed by atoms with E-state index in [0.29, 0.717) is 28.4 Å². The minimum atomic E-state index is -1.58. The molecular weight excluding hydrogens is 683 g/mol. The van der Waals surface area contributed by atoms with Crippen LogP contribution in [0.2, 0.25) is 0 Å². The number of fused-ring (bicyclic) bond motifs is 4. The maximum atomic E-state index is 15.1. The number of hydrogen-bond acceptors (Lipinski definition) is 8. The van der Waals surface area contributed by atoms with Crippen molar-refractivity contribution in [2.24, 2.45) is 5.92 Å². The predicted octanol–water partition coefficient (Wildman–Crippen LogP) is 5.52. The number of cyclic esters (lactones) is 1. The van der Waals surface area contributed by atoms with E-state index < -0.39 is 47.4 Å². The molecule has 3 aliphatic heterocycles. The number of esters is 1. The van der Waals surface area contributed by atoms with Gasteiger partial charge in [-0.25, -0.2) is 4.98 Å². The zero-order valence-electron chi connectivity index (χ0n) is 29.1. The van der Waals surface area contributed by atoms with Crippen LogP contribution in [0.5, 0.6) is 5.75 Å². The summed E-state index contributed by atoms with van der Waals surface area (Å²) in [5.41, 5.74) is 3.56. The summed E-state index contributed by atoms with van der Waals surface area (Å²) < 4.78 is 12.2. The molecule has 54 heavy (non-hydrogen) atoms. The van der Waals surface area contributed by atoms with E-state index in [1.165, 1.54) is 0 Å². The maximum Gasteiger partial charge on any atom is 0.324 e. The number of hydrogen-bond donors (Lipinski definition) is 4. The molecule has 2 amide bonds. The molecule has 1 aromatic heterocycles. The minimum Gasteiger partial charge on any atom is -0.491 e. The summed E-state index contributed by atoms with van der Waals surface area (Å²) in [5, 5.41) is 15.6. The van der Waals surface area contributed by atoms with Gasteiger partial charge in [-0.2, -0.15) is 0 Å². The van der Waals surface area contributed by atoms with Gasteiger partial charge in [0.1, 0.15) is 35.7 Å². The number of aromatic amines is 1. The van der Waals surface area contributed by atoms with Gasteiger partial charge in [0.05, 0.1) is 42.2 Å². The van der Waals surface area contributed by atoms with Crippen molar-refractivity contribution in [3.63, 3.8) is 0 Å². The Morgan fingerprint density at radius 3 is 2.24 bits per heavy atom. The number of amides is 2. The standard InChI is InChI=1S/C43H37N5O6/c49-23-24-53-29-21-19-28(20-22-29)39-43(30-15-7-8-16-31(30)47-42(43)52)35(40(50)44-25-34-45-32-17-9-10-18-33(32)46-34)37-41(51)54-38(27-13-5-2-6-14-27)36(48(37)39)26-11-3-1-4-12-26/h1-22,35-39,49H,23-25H2,(H,44,50)(H,45,46)(H,47,52)/t35-,36-,37-,38+,39+,43-/m0/s1. The van der Waals surface area contributed by atoms with Crippen molar-refractivity contribution in [3.05, 3.63) is 162 Å². The maximum absolute atomic E-state index is 15.1. The number of para-hydroxylation sites is 3. The van der Waals surface area contributed by atoms with Gasteiger partial charge in [0.2, 0.25) is 11.8 Å². The number of nitrogens with zero attached hydrogens (tertiary/aromatic N) is 2. The van der Waals surface area contributed by atoms with Crippen LogP contribution in [0.25, 0.3) is 11.0 Å². The topological polar surface area (TPSA) is 146 Å². The fourth-order valence-corrected chi connectivity index (χ4v) is 8.83. The van der Waals surface area contributed by atoms with Crippen LogP contribution >= 0.6 is 0 Å². The van der Waals surface area contributed by atoms with E-state index >= 15 is 9.59 Å². The van der Waals surface area contributed by atoms with E-state index in [1.807, 2.05) is 121 Å². The first-order chi connectivity index (χ1) is 26.5. The van der Waals surface area contributed by atoms with Crippen molar-refractivity contribution in [2.45, 2.75) is 36.2 Å². The first-order valence-corrected chi connectivity index (χ1v) is 18.0. The second-order valence-corrected chi connectivity index (χ2v) is 13.8. The summed E-state index contributed by atoms with van der Waals surface area (Å²) in [6, 6.07) is 39.1. The smallest absolute Gasteiger partial charge is 0.324 e. The van der Waals surface area contributed by atoms with Gasteiger partial charge in [0, 0.05) is 5.69 Å². The molecule has 6 aromatic rings. The number of ether oxygens (including phenoxy) is 2. The van der Waals surface area contributed by atoms with Gasteiger partial charge in [-0.05, 0) is 52.6 Å². The van der Waals surface area contributed by atoms with E-state index in [1.54, 1.807) is 12.1 Å². The predicted molar refractivity (Wildman–Crippen MR) is 200 cm³/mol. The minimum absolute atomic E-state index is 0.0431. The van der Waals surface area contributed by atoms with Gasteiger partial charge in [-0.3, -0.25) is 19.3 Å². The van der Waals surface area contributed by atoms with Crippen LogP contribution in [0.3, 0.4) is 0 Å². The summed E-state index contributed by atoms with van der Waals surface area (Å²) >= 11 is 0. The molecule has 0 unspecified atom stereocenters. The number of rotatable bonds is 9. The normalized spacial score (nSPS) is 24.5. The monoisotopic (exact) mass is 719 g/mol. The zero-order valence-corrected chi connectivity index (χ0v) is 29.1. The van der Waals surface area contributed by atoms with E-state index in [2.05, 4.69) is 25.5 Å². The summed E-state index contributed by atoms with van der Waals surface area (Å²) in [6.07, 6.45) is -0.763. The molecule has 270 valence electrons. The Balaban J connectivity index is 1.26. The highest BCUT2D eigenvalue weighted by Crippen LogP contribution is 2.64. The van der Waals surface area contributed by atoms with Crippen LogP contribution in [0.4, 0.5) is 5.69 Å². The van der Waals surface area contributed by atoms with Crippen LogP contribution in [0.15, 0.2) is 133 Å². The first kappa shape index (κ1) is 33.5. The molecule has 6 atom stereocenters. The van der Waals surface area contributed by atoms with Gasteiger partial charge in [0.15, 0.2) is 0 Å². The third-order valence-corrected chi connectivity index (χ3v) is 10.9. The molecule has 9 rings (SSSR count). The largest absolute Gasteiger partial charge is 0.491 e. The van der Waals surface area contributed by atoms with Crippen LogP contribution in [0, 0.1) is 5.92 Å².